The molecule has 0 aliphatic carbocycles. The van der Waals surface area contributed by atoms with Gasteiger partial charge >= 0.3 is 0 Å². The van der Waals surface area contributed by atoms with Gasteiger partial charge < -0.3 is 15.4 Å². The van der Waals surface area contributed by atoms with Gasteiger partial charge in [0.25, 0.3) is 5.91 Å². The van der Waals surface area contributed by atoms with Crippen molar-refractivity contribution in [1.82, 2.24) is 15.1 Å². The standard InChI is InChI=1S/C19H27ClN4O2S/c1-19(2,12-26-3)18(25)24-17(22-11-14-6-7-16(20)27-14)9-15(23-24)13-5-4-8-21-10-13/h6-7,9,13,21-22H,4-5,8,10-12H2,1-3H3. The molecule has 0 amide bonds. The van der Waals surface area contributed by atoms with Crippen molar-refractivity contribution in [1.29, 1.82) is 0 Å². The lowest BCUT2D eigenvalue weighted by atomic mass is 9.94. The first-order valence-electron chi connectivity index (χ1n) is 9.23. The highest BCUT2D eigenvalue weighted by atomic mass is 35.5. The smallest absolute Gasteiger partial charge is 0.256 e. The molecule has 0 bridgehead atoms. The molecule has 0 radical (unpaired) electrons. The van der Waals surface area contributed by atoms with Crippen molar-refractivity contribution in [2.24, 2.45) is 5.41 Å². The molecule has 0 aromatic carbocycles. The number of aromatic nitrogens is 2. The highest BCUT2D eigenvalue weighted by Gasteiger charge is 2.32. The molecule has 148 valence electrons. The molecule has 1 unspecified atom stereocenters. The van der Waals surface area contributed by atoms with E-state index in [9.17, 15) is 4.79 Å². The van der Waals surface area contributed by atoms with Gasteiger partial charge in [0.2, 0.25) is 0 Å². The van der Waals surface area contributed by atoms with Crippen molar-refractivity contribution in [3.05, 3.63) is 33.1 Å². The fourth-order valence-electron chi connectivity index (χ4n) is 3.32. The van der Waals surface area contributed by atoms with Gasteiger partial charge in [0.15, 0.2) is 0 Å². The Kier molecular flexibility index (Phi) is 6.57. The van der Waals surface area contributed by atoms with E-state index >= 15 is 0 Å². The molecule has 8 heteroatoms. The summed E-state index contributed by atoms with van der Waals surface area (Å²) in [5.41, 5.74) is 0.293. The zero-order valence-corrected chi connectivity index (χ0v) is 17.6. The van der Waals surface area contributed by atoms with Gasteiger partial charge in [-0.15, -0.1) is 11.3 Å². The average molecular weight is 411 g/mol. The second-order valence-electron chi connectivity index (χ2n) is 7.59. The van der Waals surface area contributed by atoms with Gasteiger partial charge in [-0.2, -0.15) is 9.78 Å². The van der Waals surface area contributed by atoms with Gasteiger partial charge in [0.1, 0.15) is 5.82 Å². The van der Waals surface area contributed by atoms with Gasteiger partial charge in [-0.05, 0) is 45.4 Å². The minimum atomic E-state index is -0.661. The molecule has 27 heavy (non-hydrogen) atoms. The van der Waals surface area contributed by atoms with E-state index in [2.05, 4.69) is 15.7 Å². The van der Waals surface area contributed by atoms with Crippen LogP contribution in [0.15, 0.2) is 18.2 Å². The van der Waals surface area contributed by atoms with Crippen LogP contribution < -0.4 is 10.6 Å². The third-order valence-electron chi connectivity index (χ3n) is 4.79. The molecule has 1 aliphatic rings. The third-order valence-corrected chi connectivity index (χ3v) is 6.02. The summed E-state index contributed by atoms with van der Waals surface area (Å²) in [5.74, 6) is 0.968. The molecule has 1 saturated heterocycles. The SMILES string of the molecule is COCC(C)(C)C(=O)n1nc(C2CCCNC2)cc1NCc1ccc(Cl)s1. The largest absolute Gasteiger partial charge is 0.384 e. The highest BCUT2D eigenvalue weighted by molar-refractivity contribution is 7.16. The van der Waals surface area contributed by atoms with Gasteiger partial charge in [0, 0.05) is 30.5 Å². The van der Waals surface area contributed by atoms with Gasteiger partial charge in [-0.1, -0.05) is 11.6 Å². The van der Waals surface area contributed by atoms with Crippen LogP contribution in [0.2, 0.25) is 4.34 Å². The molecule has 1 atom stereocenters. The number of piperidine rings is 1. The Balaban J connectivity index is 1.86. The van der Waals surface area contributed by atoms with Crippen LogP contribution in [0.3, 0.4) is 0 Å². The number of carbonyl (C=O) groups excluding carboxylic acids is 1. The number of hydrogen-bond donors (Lipinski definition) is 2. The predicted molar refractivity (Wildman–Crippen MR) is 110 cm³/mol. The van der Waals surface area contributed by atoms with E-state index < -0.39 is 5.41 Å². The Morgan fingerprint density at radius 2 is 2.33 bits per heavy atom. The third kappa shape index (κ3) is 4.90. The van der Waals surface area contributed by atoms with Crippen LogP contribution in [0.4, 0.5) is 5.82 Å². The van der Waals surface area contributed by atoms with E-state index in [1.807, 2.05) is 32.0 Å². The number of thiophene rings is 1. The molecular weight excluding hydrogens is 384 g/mol. The number of hydrogen-bond acceptors (Lipinski definition) is 6. The van der Waals surface area contributed by atoms with E-state index in [0.29, 0.717) is 24.9 Å². The van der Waals surface area contributed by atoms with Crippen LogP contribution >= 0.6 is 22.9 Å². The average Bonchev–Trinajstić information content (AvgIpc) is 3.26. The Labute approximate surface area is 169 Å². The number of methoxy groups -OCH3 is 1. The van der Waals surface area contributed by atoms with Crippen LogP contribution in [0.5, 0.6) is 0 Å². The topological polar surface area (TPSA) is 68.2 Å². The molecule has 2 N–H and O–H groups in total. The molecule has 1 fully saturated rings. The number of ether oxygens (including phenoxy) is 1. The molecule has 0 spiro atoms. The first-order valence-corrected chi connectivity index (χ1v) is 10.4. The van der Waals surface area contributed by atoms with E-state index in [0.717, 1.165) is 40.8 Å². The van der Waals surface area contributed by atoms with Crippen molar-refractivity contribution >= 4 is 34.7 Å². The normalized spacial score (nSPS) is 17.9. The summed E-state index contributed by atoms with van der Waals surface area (Å²) in [7, 11) is 1.61. The van der Waals surface area contributed by atoms with Gasteiger partial charge in [-0.25, -0.2) is 0 Å². The molecule has 2 aromatic rings. The van der Waals surface area contributed by atoms with E-state index in [1.165, 1.54) is 16.0 Å². The van der Waals surface area contributed by atoms with Crippen molar-refractivity contribution in [3.8, 4) is 0 Å². The summed E-state index contributed by atoms with van der Waals surface area (Å²) in [5, 5.41) is 11.5. The van der Waals surface area contributed by atoms with E-state index in [-0.39, 0.29) is 5.91 Å². The minimum Gasteiger partial charge on any atom is -0.384 e. The van der Waals surface area contributed by atoms with Crippen molar-refractivity contribution in [3.63, 3.8) is 0 Å². The number of halogens is 1. The molecule has 1 aliphatic heterocycles. The fourth-order valence-corrected chi connectivity index (χ4v) is 4.34. The minimum absolute atomic E-state index is 0.0777. The van der Waals surface area contributed by atoms with Gasteiger partial charge in [0.05, 0.1) is 28.6 Å². The Bertz CT molecular complexity index is 781. The van der Waals surface area contributed by atoms with Crippen LogP contribution in [-0.2, 0) is 11.3 Å². The summed E-state index contributed by atoms with van der Waals surface area (Å²) in [6.45, 7) is 6.64. The maximum absolute atomic E-state index is 13.1. The highest BCUT2D eigenvalue weighted by Crippen LogP contribution is 2.28. The number of carbonyl (C=O) groups is 1. The molecular formula is C19H27ClN4O2S. The predicted octanol–water partition coefficient (Wildman–Crippen LogP) is 3.99. The zero-order valence-electron chi connectivity index (χ0n) is 16.0. The number of anilines is 1. The fraction of sp³-hybridized carbons (Fsp3) is 0.579. The second kappa shape index (κ2) is 8.73. The first-order chi connectivity index (χ1) is 12.9. The summed E-state index contributed by atoms with van der Waals surface area (Å²) in [6, 6.07) is 5.88. The second-order valence-corrected chi connectivity index (χ2v) is 9.39. The zero-order chi connectivity index (χ0) is 19.4. The molecule has 3 rings (SSSR count). The van der Waals surface area contributed by atoms with Gasteiger partial charge in [-0.3, -0.25) is 4.79 Å². The Hall–Kier alpha value is -1.41. The molecule has 0 saturated carbocycles. The summed E-state index contributed by atoms with van der Waals surface area (Å²) < 4.78 is 7.51. The number of rotatable bonds is 7. The van der Waals surface area contributed by atoms with E-state index in [1.54, 1.807) is 7.11 Å². The maximum atomic E-state index is 13.1. The molecule has 2 aromatic heterocycles. The summed E-state index contributed by atoms with van der Waals surface area (Å²) in [4.78, 5) is 14.2. The number of nitrogens with zero attached hydrogens (tertiary/aromatic N) is 2. The van der Waals surface area contributed by atoms with Crippen molar-refractivity contribution < 1.29 is 9.53 Å². The van der Waals surface area contributed by atoms with Crippen LogP contribution in [0.25, 0.3) is 0 Å². The van der Waals surface area contributed by atoms with Crippen LogP contribution in [-0.4, -0.2) is 42.5 Å². The molecule has 3 heterocycles. The summed E-state index contributed by atoms with van der Waals surface area (Å²) in [6.07, 6.45) is 2.21. The monoisotopic (exact) mass is 410 g/mol. The van der Waals surface area contributed by atoms with E-state index in [4.69, 9.17) is 16.3 Å². The Morgan fingerprint density at radius 3 is 2.96 bits per heavy atom. The lowest BCUT2D eigenvalue weighted by Gasteiger charge is -2.23. The Morgan fingerprint density at radius 1 is 1.52 bits per heavy atom. The van der Waals surface area contributed by atoms with Crippen LogP contribution in [0.1, 0.15) is 48.0 Å². The molecule has 6 nitrogen and oxygen atoms in total. The number of nitrogens with one attached hydrogen (secondary N) is 2. The lowest BCUT2D eigenvalue weighted by molar-refractivity contribution is 0.0528. The first kappa shape index (κ1) is 20.3. The summed E-state index contributed by atoms with van der Waals surface area (Å²) >= 11 is 7.55. The van der Waals surface area contributed by atoms with Crippen molar-refractivity contribution in [2.75, 3.05) is 32.1 Å². The van der Waals surface area contributed by atoms with Crippen LogP contribution in [0, 0.1) is 5.41 Å². The van der Waals surface area contributed by atoms with Crippen molar-refractivity contribution in [2.45, 2.75) is 39.2 Å². The quantitative estimate of drug-likeness (QED) is 0.722. The lowest BCUT2D eigenvalue weighted by Crippen LogP contribution is -2.35. The maximum Gasteiger partial charge on any atom is 0.256 e.